The number of alkyl halides is 9. The predicted molar refractivity (Wildman–Crippen MR) is 126 cm³/mol. The maximum atomic E-state index is 13.5. The highest BCUT2D eigenvalue weighted by molar-refractivity contribution is 5.93. The van der Waals surface area contributed by atoms with Crippen LogP contribution in [0.1, 0.15) is 22.2 Å². The number of nitrogens with one attached hydrogen (secondary N) is 1. The van der Waals surface area contributed by atoms with Gasteiger partial charge in [-0.2, -0.15) is 39.5 Å². The van der Waals surface area contributed by atoms with Crippen molar-refractivity contribution in [2.24, 2.45) is 0 Å². The molecule has 1 atom stereocenters. The second-order valence-electron chi connectivity index (χ2n) is 7.84. The normalized spacial score (nSPS) is 12.2. The van der Waals surface area contributed by atoms with E-state index in [1.54, 1.807) is 36.8 Å². The number of aromatic nitrogens is 4. The zero-order valence-electron chi connectivity index (χ0n) is 20.8. The number of aliphatic carboxylic acids is 2. The highest BCUT2D eigenvalue weighted by Gasteiger charge is 2.42. The van der Waals surface area contributed by atoms with Crippen LogP contribution in [0, 0.1) is 0 Å². The van der Waals surface area contributed by atoms with Crippen LogP contribution in [-0.2, 0) is 9.59 Å². The molecule has 0 spiro atoms. The number of hydrogen-bond acceptors (Lipinski definition) is 6. The number of carbonyl (C=O) groups excluding carboxylic acids is 1. The Kier molecular flexibility index (Phi) is 10.8. The summed E-state index contributed by atoms with van der Waals surface area (Å²) in [6.45, 7) is 0. The summed E-state index contributed by atoms with van der Waals surface area (Å²) in [5.41, 5.74) is 2.06. The van der Waals surface area contributed by atoms with Crippen LogP contribution in [0.15, 0.2) is 73.6 Å². The van der Waals surface area contributed by atoms with E-state index in [-0.39, 0.29) is 11.4 Å². The molecule has 0 aliphatic carbocycles. The molecule has 0 radical (unpaired) electrons. The summed E-state index contributed by atoms with van der Waals surface area (Å²) in [7, 11) is 0. The van der Waals surface area contributed by atoms with E-state index in [0.717, 1.165) is 17.3 Å². The van der Waals surface area contributed by atoms with Gasteiger partial charge in [-0.25, -0.2) is 14.6 Å². The van der Waals surface area contributed by atoms with E-state index in [9.17, 15) is 44.3 Å². The van der Waals surface area contributed by atoms with Crippen molar-refractivity contribution in [2.75, 3.05) is 0 Å². The van der Waals surface area contributed by atoms with Crippen LogP contribution in [0.4, 0.5) is 39.5 Å². The first-order valence-corrected chi connectivity index (χ1v) is 11.1. The summed E-state index contributed by atoms with van der Waals surface area (Å²) >= 11 is 0. The molecule has 0 aromatic carbocycles. The summed E-state index contributed by atoms with van der Waals surface area (Å²) < 4.78 is 106. The van der Waals surface area contributed by atoms with Crippen LogP contribution < -0.4 is 5.32 Å². The van der Waals surface area contributed by atoms with Crippen LogP contribution in [0.2, 0.25) is 0 Å². The molecule has 3 N–H and O–H groups in total. The summed E-state index contributed by atoms with van der Waals surface area (Å²) in [5.74, 6) is -6.60. The van der Waals surface area contributed by atoms with E-state index in [1.165, 1.54) is 28.9 Å². The fourth-order valence-electron chi connectivity index (χ4n) is 3.06. The molecule has 230 valence electrons. The number of amides is 1. The van der Waals surface area contributed by atoms with Crippen molar-refractivity contribution in [3.8, 4) is 11.1 Å². The fraction of sp³-hybridized carbons (Fsp3) is 0.167. The maximum absolute atomic E-state index is 13.5. The lowest BCUT2D eigenvalue weighted by atomic mass is 10.1. The molecule has 0 saturated heterocycles. The third kappa shape index (κ3) is 9.68. The Labute approximate surface area is 233 Å². The topological polar surface area (TPSA) is 147 Å². The number of carboxylic acids is 2. The minimum Gasteiger partial charge on any atom is -0.475 e. The standard InChI is InChI=1S/C20H14F3N5O.2C2HF3O2/c21-20(22,23)17(14-3-1-7-25-11-14)27-19(29)18-26-12-16-15(4-2-10-28(16)18)13-5-8-24-9-6-13;2*3-2(4,5)1(6)7/h1-12,17H,(H,27,29);2*(H,6,7). The van der Waals surface area contributed by atoms with Gasteiger partial charge in [0.1, 0.15) is 0 Å². The molecule has 19 heteroatoms. The van der Waals surface area contributed by atoms with Crippen LogP contribution in [0.25, 0.3) is 16.6 Å². The Morgan fingerprint density at radius 3 is 1.79 bits per heavy atom. The Morgan fingerprint density at radius 1 is 0.767 bits per heavy atom. The Hall–Kier alpha value is -5.23. The van der Waals surface area contributed by atoms with Gasteiger partial charge in [0.25, 0.3) is 5.91 Å². The lowest BCUT2D eigenvalue weighted by Crippen LogP contribution is -2.38. The second-order valence-corrected chi connectivity index (χ2v) is 7.84. The summed E-state index contributed by atoms with van der Waals surface area (Å²) in [5, 5.41) is 16.3. The van der Waals surface area contributed by atoms with Gasteiger partial charge >= 0.3 is 30.5 Å². The summed E-state index contributed by atoms with van der Waals surface area (Å²) in [6, 6.07) is 7.57. The van der Waals surface area contributed by atoms with Gasteiger partial charge in [-0.1, -0.05) is 12.1 Å². The van der Waals surface area contributed by atoms with E-state index >= 15 is 0 Å². The number of nitrogens with zero attached hydrogens (tertiary/aromatic N) is 4. The molecule has 4 aromatic heterocycles. The van der Waals surface area contributed by atoms with Crippen molar-refractivity contribution in [1.82, 2.24) is 24.7 Å². The molecule has 4 heterocycles. The number of pyridine rings is 3. The van der Waals surface area contributed by atoms with Crippen molar-refractivity contribution < 1.29 is 64.1 Å². The average molecular weight is 625 g/mol. The number of halogens is 9. The maximum Gasteiger partial charge on any atom is 0.490 e. The van der Waals surface area contributed by atoms with E-state index in [0.29, 0.717) is 5.52 Å². The van der Waals surface area contributed by atoms with Crippen LogP contribution in [-0.4, -0.2) is 65.9 Å². The second kappa shape index (κ2) is 13.6. The molecule has 43 heavy (non-hydrogen) atoms. The molecule has 0 aliphatic heterocycles. The van der Waals surface area contributed by atoms with Gasteiger partial charge in [-0.15, -0.1) is 0 Å². The highest BCUT2D eigenvalue weighted by Crippen LogP contribution is 2.33. The van der Waals surface area contributed by atoms with Gasteiger partial charge in [0.2, 0.25) is 5.82 Å². The smallest absolute Gasteiger partial charge is 0.475 e. The van der Waals surface area contributed by atoms with Crippen molar-refractivity contribution in [1.29, 1.82) is 0 Å². The molecule has 0 fully saturated rings. The van der Waals surface area contributed by atoms with Crippen molar-refractivity contribution >= 4 is 23.4 Å². The lowest BCUT2D eigenvalue weighted by Gasteiger charge is -2.21. The first kappa shape index (κ1) is 34.0. The molecule has 0 aliphatic rings. The van der Waals surface area contributed by atoms with E-state index in [1.807, 2.05) is 11.4 Å². The van der Waals surface area contributed by atoms with E-state index in [2.05, 4.69) is 15.0 Å². The Morgan fingerprint density at radius 2 is 1.33 bits per heavy atom. The molecule has 0 bridgehead atoms. The summed E-state index contributed by atoms with van der Waals surface area (Å²) in [4.78, 5) is 42.2. The molecule has 10 nitrogen and oxygen atoms in total. The average Bonchev–Trinajstić information content (AvgIpc) is 3.36. The Bertz CT molecular complexity index is 1520. The first-order valence-electron chi connectivity index (χ1n) is 11.1. The van der Waals surface area contributed by atoms with Crippen molar-refractivity contribution in [2.45, 2.75) is 24.6 Å². The number of carbonyl (C=O) groups is 3. The van der Waals surface area contributed by atoms with Gasteiger partial charge in [0.05, 0.1) is 11.7 Å². The molecular formula is C24H16F9N5O5. The Balaban J connectivity index is 0.000000384. The van der Waals surface area contributed by atoms with Crippen LogP contribution in [0.5, 0.6) is 0 Å². The molecule has 4 aromatic rings. The zero-order chi connectivity index (χ0) is 32.6. The fourth-order valence-corrected chi connectivity index (χ4v) is 3.06. The van der Waals surface area contributed by atoms with Gasteiger partial charge < -0.3 is 15.5 Å². The van der Waals surface area contributed by atoms with Crippen LogP contribution >= 0.6 is 0 Å². The van der Waals surface area contributed by atoms with Gasteiger partial charge in [-0.3, -0.25) is 19.2 Å². The lowest BCUT2D eigenvalue weighted by molar-refractivity contribution is -0.193. The zero-order valence-corrected chi connectivity index (χ0v) is 20.8. The van der Waals surface area contributed by atoms with Crippen molar-refractivity contribution in [3.63, 3.8) is 0 Å². The molecule has 1 unspecified atom stereocenters. The number of hydrogen-bond donors (Lipinski definition) is 3. The first-order chi connectivity index (χ1) is 19.8. The van der Waals surface area contributed by atoms with Gasteiger partial charge in [0.15, 0.2) is 6.04 Å². The number of rotatable bonds is 4. The van der Waals surface area contributed by atoms with Gasteiger partial charge in [-0.05, 0) is 29.8 Å². The molecule has 1 amide bonds. The SMILES string of the molecule is O=C(NC(c1cccnc1)C(F)(F)F)c1ncc2c(-c3ccncc3)cccn12.O=C(O)C(F)(F)F.O=C(O)C(F)(F)F. The minimum absolute atomic E-state index is 0.144. The van der Waals surface area contributed by atoms with Crippen LogP contribution in [0.3, 0.4) is 0 Å². The monoisotopic (exact) mass is 625 g/mol. The van der Waals surface area contributed by atoms with E-state index in [4.69, 9.17) is 19.8 Å². The number of carboxylic acid groups (broad SMARTS) is 2. The number of fused-ring (bicyclic) bond motifs is 1. The minimum atomic E-state index is -5.08. The van der Waals surface area contributed by atoms with Crippen molar-refractivity contribution in [3.05, 3.63) is 85.0 Å². The molecular weight excluding hydrogens is 609 g/mol. The third-order valence-electron chi connectivity index (χ3n) is 4.87. The molecule has 0 saturated carbocycles. The third-order valence-corrected chi connectivity index (χ3v) is 4.87. The molecule has 4 rings (SSSR count). The van der Waals surface area contributed by atoms with E-state index < -0.39 is 42.4 Å². The quantitative estimate of drug-likeness (QED) is 0.266. The summed E-state index contributed by atoms with van der Waals surface area (Å²) in [6.07, 6.45) is -6.12. The predicted octanol–water partition coefficient (Wildman–Crippen LogP) is 5.09. The van der Waals surface area contributed by atoms with Gasteiger partial charge in [0, 0.05) is 42.1 Å². The highest BCUT2D eigenvalue weighted by atomic mass is 19.4. The number of imidazole rings is 1. The largest absolute Gasteiger partial charge is 0.490 e.